The van der Waals surface area contributed by atoms with Gasteiger partial charge in [0.1, 0.15) is 5.75 Å². The predicted molar refractivity (Wildman–Crippen MR) is 88.0 cm³/mol. The highest BCUT2D eigenvalue weighted by molar-refractivity contribution is 9.10. The number of benzene rings is 2. The van der Waals surface area contributed by atoms with Crippen LogP contribution < -0.4 is 10.3 Å². The third kappa shape index (κ3) is 2.85. The van der Waals surface area contributed by atoms with Gasteiger partial charge in [0.05, 0.1) is 13.7 Å². The predicted octanol–water partition coefficient (Wildman–Crippen LogP) is 3.82. The second-order valence-corrected chi connectivity index (χ2v) is 5.75. The highest BCUT2D eigenvalue weighted by atomic mass is 79.9. The minimum absolute atomic E-state index is 0.0165. The summed E-state index contributed by atoms with van der Waals surface area (Å²) >= 11 is 3.42. The average Bonchev–Trinajstić information content (AvgIpc) is 2.50. The van der Waals surface area contributed by atoms with Gasteiger partial charge in [0, 0.05) is 16.1 Å². The van der Waals surface area contributed by atoms with E-state index in [1.54, 1.807) is 11.7 Å². The van der Waals surface area contributed by atoms with Crippen LogP contribution in [0.15, 0.2) is 64.0 Å². The molecule has 0 saturated carbocycles. The second kappa shape index (κ2) is 5.74. The van der Waals surface area contributed by atoms with Crippen molar-refractivity contribution in [1.29, 1.82) is 0 Å². The maximum absolute atomic E-state index is 12.5. The Labute approximate surface area is 130 Å². The Morgan fingerprint density at radius 1 is 1.14 bits per heavy atom. The molecule has 3 nitrogen and oxygen atoms in total. The SMILES string of the molecule is COc1cccc(Cn2ccc3cc(Br)ccc3c2=O)c1. The van der Waals surface area contributed by atoms with E-state index in [1.165, 1.54) is 0 Å². The molecule has 0 unspecified atom stereocenters. The van der Waals surface area contributed by atoms with Crippen LogP contribution in [-0.4, -0.2) is 11.7 Å². The van der Waals surface area contributed by atoms with E-state index >= 15 is 0 Å². The molecule has 0 amide bonds. The van der Waals surface area contributed by atoms with Crippen molar-refractivity contribution >= 4 is 26.7 Å². The van der Waals surface area contributed by atoms with E-state index in [0.717, 1.165) is 26.6 Å². The summed E-state index contributed by atoms with van der Waals surface area (Å²) in [6.07, 6.45) is 1.83. The monoisotopic (exact) mass is 343 g/mol. The lowest BCUT2D eigenvalue weighted by Gasteiger charge is -2.09. The van der Waals surface area contributed by atoms with Gasteiger partial charge in [0.15, 0.2) is 0 Å². The Hall–Kier alpha value is -2.07. The van der Waals surface area contributed by atoms with Gasteiger partial charge in [-0.1, -0.05) is 28.1 Å². The van der Waals surface area contributed by atoms with Gasteiger partial charge in [-0.2, -0.15) is 0 Å². The molecule has 0 radical (unpaired) electrons. The van der Waals surface area contributed by atoms with E-state index in [1.807, 2.05) is 54.7 Å². The maximum atomic E-state index is 12.5. The molecule has 0 fully saturated rings. The Kier molecular flexibility index (Phi) is 3.80. The van der Waals surface area contributed by atoms with Crippen LogP contribution in [0.2, 0.25) is 0 Å². The Morgan fingerprint density at radius 2 is 2.00 bits per heavy atom. The molecule has 0 N–H and O–H groups in total. The molecule has 21 heavy (non-hydrogen) atoms. The van der Waals surface area contributed by atoms with Gasteiger partial charge in [-0.3, -0.25) is 4.79 Å². The molecule has 4 heteroatoms. The van der Waals surface area contributed by atoms with E-state index in [-0.39, 0.29) is 5.56 Å². The van der Waals surface area contributed by atoms with Crippen molar-refractivity contribution in [3.8, 4) is 5.75 Å². The number of ether oxygens (including phenoxy) is 1. The maximum Gasteiger partial charge on any atom is 0.258 e. The van der Waals surface area contributed by atoms with Crippen LogP contribution in [-0.2, 0) is 6.54 Å². The number of fused-ring (bicyclic) bond motifs is 1. The van der Waals surface area contributed by atoms with Crippen molar-refractivity contribution in [2.24, 2.45) is 0 Å². The first-order chi connectivity index (χ1) is 10.2. The van der Waals surface area contributed by atoms with Gasteiger partial charge in [-0.25, -0.2) is 0 Å². The number of pyridine rings is 1. The summed E-state index contributed by atoms with van der Waals surface area (Å²) in [6, 6.07) is 15.4. The molecule has 106 valence electrons. The number of aromatic nitrogens is 1. The van der Waals surface area contributed by atoms with Crippen LogP contribution in [0.4, 0.5) is 0 Å². The molecule has 0 bridgehead atoms. The Bertz CT molecular complexity index is 855. The molecule has 0 aliphatic carbocycles. The minimum atomic E-state index is 0.0165. The lowest BCUT2D eigenvalue weighted by atomic mass is 10.1. The molecule has 1 aromatic heterocycles. The summed E-state index contributed by atoms with van der Waals surface area (Å²) in [6.45, 7) is 0.530. The van der Waals surface area contributed by atoms with Gasteiger partial charge >= 0.3 is 0 Å². The van der Waals surface area contributed by atoms with Gasteiger partial charge < -0.3 is 9.30 Å². The molecule has 3 aromatic rings. The number of hydrogen-bond donors (Lipinski definition) is 0. The van der Waals surface area contributed by atoms with Crippen molar-refractivity contribution in [2.45, 2.75) is 6.54 Å². The first kappa shape index (κ1) is 13.9. The van der Waals surface area contributed by atoms with Crippen molar-refractivity contribution in [1.82, 2.24) is 4.57 Å². The number of methoxy groups -OCH3 is 1. The van der Waals surface area contributed by atoms with Gasteiger partial charge in [-0.05, 0) is 47.3 Å². The number of rotatable bonds is 3. The number of hydrogen-bond acceptors (Lipinski definition) is 2. The number of nitrogens with zero attached hydrogens (tertiary/aromatic N) is 1. The second-order valence-electron chi connectivity index (χ2n) is 4.83. The first-order valence-corrected chi connectivity index (χ1v) is 7.38. The van der Waals surface area contributed by atoms with Crippen LogP contribution in [0.3, 0.4) is 0 Å². The molecular formula is C17H14BrNO2. The van der Waals surface area contributed by atoms with E-state index in [9.17, 15) is 4.79 Å². The molecule has 0 aliphatic rings. The van der Waals surface area contributed by atoms with Crippen LogP contribution in [0.1, 0.15) is 5.56 Å². The Morgan fingerprint density at radius 3 is 2.81 bits per heavy atom. The number of halogens is 1. The molecule has 0 aliphatic heterocycles. The third-order valence-corrected chi connectivity index (χ3v) is 3.92. The molecule has 0 atom stereocenters. The third-order valence-electron chi connectivity index (χ3n) is 3.43. The van der Waals surface area contributed by atoms with Crippen molar-refractivity contribution in [3.63, 3.8) is 0 Å². The lowest BCUT2D eigenvalue weighted by Crippen LogP contribution is -2.19. The van der Waals surface area contributed by atoms with Crippen LogP contribution in [0.5, 0.6) is 5.75 Å². The smallest absolute Gasteiger partial charge is 0.258 e. The van der Waals surface area contributed by atoms with E-state index in [4.69, 9.17) is 4.74 Å². The molecule has 1 heterocycles. The van der Waals surface area contributed by atoms with Crippen LogP contribution in [0, 0.1) is 0 Å². The zero-order chi connectivity index (χ0) is 14.8. The van der Waals surface area contributed by atoms with E-state index in [2.05, 4.69) is 15.9 Å². The summed E-state index contributed by atoms with van der Waals surface area (Å²) in [7, 11) is 1.64. The minimum Gasteiger partial charge on any atom is -0.497 e. The summed E-state index contributed by atoms with van der Waals surface area (Å²) in [5.41, 5.74) is 1.05. The normalized spacial score (nSPS) is 10.8. The van der Waals surface area contributed by atoms with Gasteiger partial charge in [0.25, 0.3) is 5.56 Å². The highest BCUT2D eigenvalue weighted by Gasteiger charge is 2.04. The highest BCUT2D eigenvalue weighted by Crippen LogP contribution is 2.18. The largest absolute Gasteiger partial charge is 0.497 e. The molecule has 0 saturated heterocycles. The fourth-order valence-electron chi connectivity index (χ4n) is 2.35. The Balaban J connectivity index is 2.03. The van der Waals surface area contributed by atoms with Gasteiger partial charge in [0.2, 0.25) is 0 Å². The van der Waals surface area contributed by atoms with Crippen molar-refractivity contribution < 1.29 is 4.74 Å². The zero-order valence-corrected chi connectivity index (χ0v) is 13.1. The molecule has 0 spiro atoms. The van der Waals surface area contributed by atoms with Gasteiger partial charge in [-0.15, -0.1) is 0 Å². The van der Waals surface area contributed by atoms with Crippen molar-refractivity contribution in [2.75, 3.05) is 7.11 Å². The zero-order valence-electron chi connectivity index (χ0n) is 11.5. The first-order valence-electron chi connectivity index (χ1n) is 6.59. The summed E-state index contributed by atoms with van der Waals surface area (Å²) in [5, 5.41) is 1.67. The summed E-state index contributed by atoms with van der Waals surface area (Å²) in [5.74, 6) is 0.797. The molecular weight excluding hydrogens is 330 g/mol. The fraction of sp³-hybridized carbons (Fsp3) is 0.118. The summed E-state index contributed by atoms with van der Waals surface area (Å²) < 4.78 is 7.90. The topological polar surface area (TPSA) is 31.2 Å². The molecule has 2 aromatic carbocycles. The lowest BCUT2D eigenvalue weighted by molar-refractivity contribution is 0.414. The van der Waals surface area contributed by atoms with E-state index in [0.29, 0.717) is 6.54 Å². The quantitative estimate of drug-likeness (QED) is 0.723. The van der Waals surface area contributed by atoms with Crippen molar-refractivity contribution in [3.05, 3.63) is 75.1 Å². The fourth-order valence-corrected chi connectivity index (χ4v) is 2.73. The standard InChI is InChI=1S/C17H14BrNO2/c1-21-15-4-2-3-12(9-15)11-19-8-7-13-10-14(18)5-6-16(13)17(19)20/h2-10H,11H2,1H3. The summed E-state index contributed by atoms with van der Waals surface area (Å²) in [4.78, 5) is 12.5. The van der Waals surface area contributed by atoms with Crippen LogP contribution >= 0.6 is 15.9 Å². The van der Waals surface area contributed by atoms with Crippen LogP contribution in [0.25, 0.3) is 10.8 Å². The molecule has 3 rings (SSSR count). The average molecular weight is 344 g/mol. The van der Waals surface area contributed by atoms with E-state index < -0.39 is 0 Å².